The molecule has 2 aromatic rings. The molecule has 0 saturated carbocycles. The highest BCUT2D eigenvalue weighted by molar-refractivity contribution is 6.35. The number of benzene rings is 1. The van der Waals surface area contributed by atoms with Gasteiger partial charge in [0.25, 0.3) is 11.8 Å². The van der Waals surface area contributed by atoms with Gasteiger partial charge in [0.05, 0.1) is 11.1 Å². The minimum absolute atomic E-state index is 0.184. The van der Waals surface area contributed by atoms with E-state index in [1.165, 1.54) is 0 Å². The molecule has 0 spiro atoms. The highest BCUT2D eigenvalue weighted by atomic mass is 35.5. The molecule has 0 saturated heterocycles. The van der Waals surface area contributed by atoms with E-state index in [0.717, 1.165) is 4.90 Å². The Hall–Kier alpha value is -2.05. The molecule has 0 N–H and O–H groups in total. The van der Waals surface area contributed by atoms with E-state index in [-0.39, 0.29) is 16.5 Å². The minimum Gasteiger partial charge on any atom is -0.268 e. The molecular formula is C11H4Cl2N4O2. The van der Waals surface area contributed by atoms with Crippen molar-refractivity contribution >= 4 is 41.0 Å². The summed E-state index contributed by atoms with van der Waals surface area (Å²) in [7, 11) is 0. The van der Waals surface area contributed by atoms with Crippen LogP contribution in [0, 0.1) is 0 Å². The number of nitrogens with zero attached hydrogens (tertiary/aromatic N) is 4. The van der Waals surface area contributed by atoms with Crippen LogP contribution in [0.15, 0.2) is 24.3 Å². The number of amides is 2. The second-order valence-corrected chi connectivity index (χ2v) is 4.34. The molecule has 1 aliphatic rings. The van der Waals surface area contributed by atoms with Gasteiger partial charge in [0.2, 0.25) is 16.5 Å². The number of hydrogen-bond donors (Lipinski definition) is 0. The quantitative estimate of drug-likeness (QED) is 0.752. The third-order valence-corrected chi connectivity index (χ3v) is 2.90. The topological polar surface area (TPSA) is 76.1 Å². The van der Waals surface area contributed by atoms with Gasteiger partial charge in [-0.3, -0.25) is 9.59 Å². The van der Waals surface area contributed by atoms with Crippen molar-refractivity contribution in [2.75, 3.05) is 4.90 Å². The van der Waals surface area contributed by atoms with Crippen molar-refractivity contribution in [2.45, 2.75) is 0 Å². The lowest BCUT2D eigenvalue weighted by molar-refractivity contribution is 0.0924. The first-order valence-electron chi connectivity index (χ1n) is 5.13. The number of fused-ring (bicyclic) bond motifs is 1. The average molecular weight is 295 g/mol. The van der Waals surface area contributed by atoms with Crippen molar-refractivity contribution in [1.82, 2.24) is 15.0 Å². The van der Waals surface area contributed by atoms with Crippen LogP contribution in [0.25, 0.3) is 0 Å². The molecule has 6 nitrogen and oxygen atoms in total. The summed E-state index contributed by atoms with van der Waals surface area (Å²) in [5, 5.41) is -0.377. The largest absolute Gasteiger partial charge is 0.268 e. The summed E-state index contributed by atoms with van der Waals surface area (Å²) in [6.07, 6.45) is 0. The van der Waals surface area contributed by atoms with E-state index in [2.05, 4.69) is 15.0 Å². The Morgan fingerprint density at radius 3 is 1.79 bits per heavy atom. The molecule has 8 heteroatoms. The van der Waals surface area contributed by atoms with Gasteiger partial charge < -0.3 is 0 Å². The monoisotopic (exact) mass is 294 g/mol. The molecule has 2 amide bonds. The Morgan fingerprint density at radius 2 is 1.32 bits per heavy atom. The zero-order valence-electron chi connectivity index (χ0n) is 9.17. The SMILES string of the molecule is O=C1c2ccccc2C(=O)N1c1nc(Cl)nc(Cl)n1. The van der Waals surface area contributed by atoms with Gasteiger partial charge >= 0.3 is 0 Å². The highest BCUT2D eigenvalue weighted by Crippen LogP contribution is 2.26. The molecule has 19 heavy (non-hydrogen) atoms. The van der Waals surface area contributed by atoms with Crippen LogP contribution in [-0.4, -0.2) is 26.8 Å². The van der Waals surface area contributed by atoms with Crippen molar-refractivity contribution < 1.29 is 9.59 Å². The van der Waals surface area contributed by atoms with Gasteiger partial charge in [0.15, 0.2) is 0 Å². The number of anilines is 1. The van der Waals surface area contributed by atoms with Gasteiger partial charge in [0, 0.05) is 0 Å². The summed E-state index contributed by atoms with van der Waals surface area (Å²) in [6.45, 7) is 0. The number of carbonyl (C=O) groups is 2. The zero-order chi connectivity index (χ0) is 13.6. The van der Waals surface area contributed by atoms with E-state index < -0.39 is 11.8 Å². The minimum atomic E-state index is -0.515. The second kappa shape index (κ2) is 4.25. The first-order chi connectivity index (χ1) is 9.08. The van der Waals surface area contributed by atoms with Gasteiger partial charge in [-0.05, 0) is 35.3 Å². The molecular weight excluding hydrogens is 291 g/mol. The molecule has 0 unspecified atom stereocenters. The van der Waals surface area contributed by atoms with E-state index in [9.17, 15) is 9.59 Å². The van der Waals surface area contributed by atoms with Crippen LogP contribution in [-0.2, 0) is 0 Å². The van der Waals surface area contributed by atoms with Crippen LogP contribution in [0.2, 0.25) is 10.6 Å². The van der Waals surface area contributed by atoms with E-state index >= 15 is 0 Å². The molecule has 1 aliphatic heterocycles. The summed E-state index contributed by atoms with van der Waals surface area (Å²) in [5.74, 6) is -1.21. The van der Waals surface area contributed by atoms with Crippen LogP contribution in [0.4, 0.5) is 5.95 Å². The first-order valence-corrected chi connectivity index (χ1v) is 5.88. The molecule has 1 aromatic heterocycles. The normalized spacial score (nSPS) is 13.9. The average Bonchev–Trinajstić information content (AvgIpc) is 2.61. The van der Waals surface area contributed by atoms with E-state index in [1.54, 1.807) is 24.3 Å². The van der Waals surface area contributed by atoms with Gasteiger partial charge in [-0.1, -0.05) is 12.1 Å². The number of rotatable bonds is 1. The summed E-state index contributed by atoms with van der Waals surface area (Å²) in [6, 6.07) is 6.45. The third kappa shape index (κ3) is 1.85. The summed E-state index contributed by atoms with van der Waals surface area (Å²) >= 11 is 11.3. The predicted molar refractivity (Wildman–Crippen MR) is 67.4 cm³/mol. The van der Waals surface area contributed by atoms with Gasteiger partial charge in [0.1, 0.15) is 0 Å². The standard InChI is InChI=1S/C11H4Cl2N4O2/c12-9-14-10(13)16-11(15-9)17-7(18)5-3-1-2-4-6(5)8(17)19/h1-4H. The number of aromatic nitrogens is 3. The number of imide groups is 1. The fourth-order valence-electron chi connectivity index (χ4n) is 1.79. The summed E-state index contributed by atoms with van der Waals surface area (Å²) in [4.78, 5) is 36.2. The molecule has 2 heterocycles. The molecule has 0 bridgehead atoms. The number of halogens is 2. The van der Waals surface area contributed by atoms with Gasteiger partial charge in [-0.25, -0.2) is 4.90 Å². The van der Waals surface area contributed by atoms with Crippen molar-refractivity contribution in [2.24, 2.45) is 0 Å². The fourth-order valence-corrected chi connectivity index (χ4v) is 2.14. The second-order valence-electron chi connectivity index (χ2n) is 3.66. The Balaban J connectivity index is 2.14. The van der Waals surface area contributed by atoms with Crippen molar-refractivity contribution in [3.05, 3.63) is 46.0 Å². The Morgan fingerprint density at radius 1 is 0.842 bits per heavy atom. The first kappa shape index (κ1) is 12.0. The molecule has 0 fully saturated rings. The Kier molecular flexibility index (Phi) is 2.69. The van der Waals surface area contributed by atoms with Crippen molar-refractivity contribution in [3.63, 3.8) is 0 Å². The van der Waals surface area contributed by atoms with Crippen LogP contribution >= 0.6 is 23.2 Å². The zero-order valence-corrected chi connectivity index (χ0v) is 10.7. The molecule has 0 atom stereocenters. The number of hydrogen-bond acceptors (Lipinski definition) is 5. The van der Waals surface area contributed by atoms with E-state index in [0.29, 0.717) is 11.1 Å². The lowest BCUT2D eigenvalue weighted by Gasteiger charge is -2.10. The molecule has 3 rings (SSSR count). The number of carbonyl (C=O) groups excluding carboxylic acids is 2. The third-order valence-electron chi connectivity index (χ3n) is 2.56. The van der Waals surface area contributed by atoms with Crippen LogP contribution < -0.4 is 4.90 Å². The fraction of sp³-hybridized carbons (Fsp3) is 0. The highest BCUT2D eigenvalue weighted by Gasteiger charge is 2.38. The lowest BCUT2D eigenvalue weighted by Crippen LogP contribution is -2.31. The maximum absolute atomic E-state index is 12.1. The molecule has 0 radical (unpaired) electrons. The summed E-state index contributed by atoms with van der Waals surface area (Å²) in [5.41, 5.74) is 0.584. The maximum atomic E-state index is 12.1. The van der Waals surface area contributed by atoms with Gasteiger partial charge in [-0.15, -0.1) is 0 Å². The lowest BCUT2D eigenvalue weighted by atomic mass is 10.1. The maximum Gasteiger partial charge on any atom is 0.268 e. The van der Waals surface area contributed by atoms with Crippen LogP contribution in [0.3, 0.4) is 0 Å². The predicted octanol–water partition coefficient (Wildman–Crippen LogP) is 1.98. The van der Waals surface area contributed by atoms with Crippen molar-refractivity contribution in [1.29, 1.82) is 0 Å². The molecule has 1 aromatic carbocycles. The molecule has 0 aliphatic carbocycles. The van der Waals surface area contributed by atoms with Crippen LogP contribution in [0.5, 0.6) is 0 Å². The smallest absolute Gasteiger partial charge is 0.268 e. The van der Waals surface area contributed by atoms with Crippen molar-refractivity contribution in [3.8, 4) is 0 Å². The van der Waals surface area contributed by atoms with Gasteiger partial charge in [-0.2, -0.15) is 15.0 Å². The Labute approximate surface area is 117 Å². The Bertz CT molecular complexity index is 664. The molecule has 94 valence electrons. The van der Waals surface area contributed by atoms with E-state index in [1.807, 2.05) is 0 Å². The van der Waals surface area contributed by atoms with E-state index in [4.69, 9.17) is 23.2 Å². The van der Waals surface area contributed by atoms with Crippen LogP contribution in [0.1, 0.15) is 20.7 Å². The summed E-state index contributed by atoms with van der Waals surface area (Å²) < 4.78 is 0.